The number of aliphatic imine (C=N–C) groups is 1. The summed E-state index contributed by atoms with van der Waals surface area (Å²) in [6, 6.07) is 5.31. The predicted octanol–water partition coefficient (Wildman–Crippen LogP) is 4.98. The molecule has 5 nitrogen and oxygen atoms in total. The van der Waals surface area contributed by atoms with Crippen LogP contribution in [0.25, 0.3) is 0 Å². The maximum atomic E-state index is 13.9. The highest BCUT2D eigenvalue weighted by Crippen LogP contribution is 2.49. The molecule has 1 aliphatic heterocycles. The van der Waals surface area contributed by atoms with Crippen molar-refractivity contribution in [2.45, 2.75) is 51.6 Å². The molecule has 0 bridgehead atoms. The fourth-order valence-corrected chi connectivity index (χ4v) is 4.71. The number of esters is 1. The quantitative estimate of drug-likeness (QED) is 0.696. The zero-order valence-corrected chi connectivity index (χ0v) is 17.4. The van der Waals surface area contributed by atoms with Crippen LogP contribution in [0.15, 0.2) is 29.3 Å². The maximum Gasteiger partial charge on any atom is 0.416 e. The average molecular weight is 431 g/mol. The normalized spacial score (nSPS) is 20.5. The molecule has 4 rings (SSSR count). The second-order valence-corrected chi connectivity index (χ2v) is 7.94. The van der Waals surface area contributed by atoms with Crippen molar-refractivity contribution < 1.29 is 22.7 Å². The minimum atomic E-state index is -4.59. The van der Waals surface area contributed by atoms with Crippen molar-refractivity contribution in [1.82, 2.24) is 4.98 Å². The molecule has 0 radical (unpaired) electrons. The van der Waals surface area contributed by atoms with E-state index in [9.17, 15) is 18.0 Å². The summed E-state index contributed by atoms with van der Waals surface area (Å²) in [5.41, 5.74) is 8.59. The van der Waals surface area contributed by atoms with Gasteiger partial charge in [0, 0.05) is 28.6 Å². The van der Waals surface area contributed by atoms with Gasteiger partial charge in [-0.25, -0.2) is 9.98 Å². The smallest absolute Gasteiger partial charge is 0.416 e. The molecule has 0 amide bonds. The molecule has 31 heavy (non-hydrogen) atoms. The number of fused-ring (bicyclic) bond motifs is 2. The number of aryl methyl sites for hydroxylation is 1. The van der Waals surface area contributed by atoms with Crippen molar-refractivity contribution >= 4 is 23.2 Å². The van der Waals surface area contributed by atoms with E-state index in [1.54, 1.807) is 13.8 Å². The third kappa shape index (κ3) is 3.68. The number of pyridine rings is 1. The van der Waals surface area contributed by atoms with E-state index in [2.05, 4.69) is 9.98 Å². The highest BCUT2D eigenvalue weighted by molar-refractivity contribution is 6.05. The number of rotatable bonds is 3. The maximum absolute atomic E-state index is 13.9. The van der Waals surface area contributed by atoms with Gasteiger partial charge >= 0.3 is 12.1 Å². The summed E-state index contributed by atoms with van der Waals surface area (Å²) < 4.78 is 47.0. The fourth-order valence-electron chi connectivity index (χ4n) is 4.71. The van der Waals surface area contributed by atoms with Crippen LogP contribution in [0.1, 0.15) is 60.6 Å². The highest BCUT2D eigenvalue weighted by Gasteiger charge is 2.45. The Balaban J connectivity index is 2.01. The number of aromatic nitrogens is 1. The van der Waals surface area contributed by atoms with Gasteiger partial charge in [0.2, 0.25) is 0 Å². The first-order valence-corrected chi connectivity index (χ1v) is 10.4. The minimum Gasteiger partial charge on any atom is -0.465 e. The zero-order chi connectivity index (χ0) is 22.3. The summed E-state index contributed by atoms with van der Waals surface area (Å²) in [5, 5.41) is 0. The number of alkyl halides is 3. The Morgan fingerprint density at radius 2 is 1.94 bits per heavy atom. The first-order valence-electron chi connectivity index (χ1n) is 10.4. The number of nitrogens with two attached hydrogens (primary N) is 1. The number of halogens is 3. The first-order chi connectivity index (χ1) is 14.7. The molecule has 0 fully saturated rings. The molecule has 2 unspecified atom stereocenters. The molecule has 2 aromatic rings. The summed E-state index contributed by atoms with van der Waals surface area (Å²) in [7, 11) is 0. The second-order valence-electron chi connectivity index (χ2n) is 7.94. The average Bonchev–Trinajstić information content (AvgIpc) is 2.72. The van der Waals surface area contributed by atoms with Crippen molar-refractivity contribution in [3.8, 4) is 0 Å². The first kappa shape index (κ1) is 21.3. The number of ether oxygens (including phenoxy) is 1. The molecule has 164 valence electrons. The lowest BCUT2D eigenvalue weighted by atomic mass is 9.73. The number of hydrogen-bond acceptors (Lipinski definition) is 5. The van der Waals surface area contributed by atoms with Crippen LogP contribution in [-0.4, -0.2) is 23.3 Å². The van der Waals surface area contributed by atoms with Crippen molar-refractivity contribution in [3.63, 3.8) is 0 Å². The van der Waals surface area contributed by atoms with E-state index in [1.165, 1.54) is 18.2 Å². The van der Waals surface area contributed by atoms with Crippen LogP contribution in [0.3, 0.4) is 0 Å². The van der Waals surface area contributed by atoms with Gasteiger partial charge in [-0.15, -0.1) is 0 Å². The number of carbonyl (C=O) groups is 1. The minimum absolute atomic E-state index is 0.0205. The van der Waals surface area contributed by atoms with Gasteiger partial charge in [0.1, 0.15) is 5.92 Å². The molecule has 2 aliphatic rings. The molecule has 1 aliphatic carbocycles. The van der Waals surface area contributed by atoms with Gasteiger partial charge < -0.3 is 10.5 Å². The molecule has 1 aromatic carbocycles. The van der Waals surface area contributed by atoms with Crippen molar-refractivity contribution in [2.75, 3.05) is 12.3 Å². The molecule has 8 heteroatoms. The summed E-state index contributed by atoms with van der Waals surface area (Å²) in [6.07, 6.45) is -1.21. The van der Waals surface area contributed by atoms with E-state index in [4.69, 9.17) is 10.5 Å². The summed E-state index contributed by atoms with van der Waals surface area (Å²) in [5.74, 6) is -2.31. The Labute approximate surface area is 178 Å². The van der Waals surface area contributed by atoms with E-state index in [0.29, 0.717) is 29.2 Å². The van der Waals surface area contributed by atoms with Crippen LogP contribution in [0.4, 0.5) is 24.7 Å². The standard InChI is InChI=1S/C23H24F3N3O2/c1-3-31-22(30)17-12(2)28-21-19(20(27)14-9-5-7-11-16(14)29-21)18(17)13-8-4-6-10-15(13)23(24,25)26/h4,6,8,10,17-18H,3,5,7,9,11H2,1-2H3,(H2,27,29). The molecule has 0 spiro atoms. The van der Waals surface area contributed by atoms with Crippen LogP contribution >= 0.6 is 0 Å². The number of benzene rings is 1. The van der Waals surface area contributed by atoms with Gasteiger partial charge in [0.15, 0.2) is 5.82 Å². The number of nitrogens with zero attached hydrogens (tertiary/aromatic N) is 2. The van der Waals surface area contributed by atoms with Crippen molar-refractivity contribution in [3.05, 3.63) is 52.2 Å². The number of hydrogen-bond donors (Lipinski definition) is 1. The Kier molecular flexibility index (Phi) is 5.49. The van der Waals surface area contributed by atoms with E-state index in [-0.39, 0.29) is 12.2 Å². The lowest BCUT2D eigenvalue weighted by molar-refractivity contribution is -0.147. The molecule has 0 saturated heterocycles. The number of nitrogen functional groups attached to an aromatic ring is 1. The van der Waals surface area contributed by atoms with Crippen LogP contribution in [0.5, 0.6) is 0 Å². The van der Waals surface area contributed by atoms with E-state index >= 15 is 0 Å². The van der Waals surface area contributed by atoms with Gasteiger partial charge in [-0.2, -0.15) is 13.2 Å². The fraction of sp³-hybridized carbons (Fsp3) is 0.435. The lowest BCUT2D eigenvalue weighted by Crippen LogP contribution is -2.35. The Bertz CT molecular complexity index is 1060. The van der Waals surface area contributed by atoms with Crippen LogP contribution in [-0.2, 0) is 28.5 Å². The van der Waals surface area contributed by atoms with E-state index in [0.717, 1.165) is 36.6 Å². The topological polar surface area (TPSA) is 77.6 Å². The number of anilines is 1. The van der Waals surface area contributed by atoms with Crippen LogP contribution in [0, 0.1) is 5.92 Å². The van der Waals surface area contributed by atoms with Crippen LogP contribution in [0.2, 0.25) is 0 Å². The Morgan fingerprint density at radius 1 is 1.23 bits per heavy atom. The molecule has 2 atom stereocenters. The van der Waals surface area contributed by atoms with E-state index in [1.807, 2.05) is 0 Å². The third-order valence-electron chi connectivity index (χ3n) is 6.05. The highest BCUT2D eigenvalue weighted by atomic mass is 19.4. The van der Waals surface area contributed by atoms with Crippen molar-refractivity contribution in [2.24, 2.45) is 10.9 Å². The molecule has 2 N–H and O–H groups in total. The van der Waals surface area contributed by atoms with Gasteiger partial charge in [-0.3, -0.25) is 4.79 Å². The third-order valence-corrected chi connectivity index (χ3v) is 6.05. The van der Waals surface area contributed by atoms with E-state index < -0.39 is 29.5 Å². The second kappa shape index (κ2) is 7.98. The number of carbonyl (C=O) groups excluding carboxylic acids is 1. The summed E-state index contributed by atoms with van der Waals surface area (Å²) in [6.45, 7) is 3.40. The monoisotopic (exact) mass is 431 g/mol. The molecular formula is C23H24F3N3O2. The molecule has 0 saturated carbocycles. The van der Waals surface area contributed by atoms with Gasteiger partial charge in [0.05, 0.1) is 12.2 Å². The Morgan fingerprint density at radius 3 is 2.65 bits per heavy atom. The van der Waals surface area contributed by atoms with Gasteiger partial charge in [-0.05, 0) is 56.7 Å². The molecule has 2 heterocycles. The van der Waals surface area contributed by atoms with Crippen LogP contribution < -0.4 is 5.73 Å². The Hall–Kier alpha value is -2.90. The lowest BCUT2D eigenvalue weighted by Gasteiger charge is -2.34. The molecular weight excluding hydrogens is 407 g/mol. The van der Waals surface area contributed by atoms with Gasteiger partial charge in [0.25, 0.3) is 0 Å². The van der Waals surface area contributed by atoms with Gasteiger partial charge in [-0.1, -0.05) is 18.2 Å². The summed E-state index contributed by atoms with van der Waals surface area (Å²) in [4.78, 5) is 22.1. The zero-order valence-electron chi connectivity index (χ0n) is 17.4. The largest absolute Gasteiger partial charge is 0.465 e. The predicted molar refractivity (Wildman–Crippen MR) is 111 cm³/mol. The SMILES string of the molecule is CCOC(=O)C1C(C)=Nc2nc3c(c(N)c2C1c1ccccc1C(F)(F)F)CCCC3. The summed E-state index contributed by atoms with van der Waals surface area (Å²) >= 11 is 0. The van der Waals surface area contributed by atoms with Crippen molar-refractivity contribution in [1.29, 1.82) is 0 Å². The molecule has 1 aromatic heterocycles.